The molecule has 69 heavy (non-hydrogen) atoms. The Morgan fingerprint density at radius 3 is 2.45 bits per heavy atom. The van der Waals surface area contributed by atoms with E-state index < -0.39 is 65.9 Å². The molecular weight excluding hydrogens is 924 g/mol. The molecule has 19 heteroatoms. The summed E-state index contributed by atoms with van der Waals surface area (Å²) in [7, 11) is -2.41. The Kier molecular flexibility index (Phi) is 14.5. The van der Waals surface area contributed by atoms with E-state index >= 15 is 14.2 Å². The summed E-state index contributed by atoms with van der Waals surface area (Å²) in [5.41, 5.74) is 1.61. The third kappa shape index (κ3) is 10.9. The Labute approximate surface area is 405 Å². The van der Waals surface area contributed by atoms with Crippen molar-refractivity contribution in [1.29, 1.82) is 0 Å². The number of hydrogen-bond donors (Lipinski definition) is 3. The van der Waals surface area contributed by atoms with Crippen molar-refractivity contribution in [2.45, 2.75) is 128 Å². The van der Waals surface area contributed by atoms with Gasteiger partial charge in [0.1, 0.15) is 59.1 Å². The number of fused-ring (bicyclic) bond motifs is 1. The van der Waals surface area contributed by atoms with Crippen LogP contribution in [0.2, 0.25) is 0 Å². The van der Waals surface area contributed by atoms with Crippen LogP contribution in [0.25, 0.3) is 22.3 Å². The van der Waals surface area contributed by atoms with Crippen molar-refractivity contribution in [3.63, 3.8) is 0 Å². The lowest BCUT2D eigenvalue weighted by Gasteiger charge is -2.36. The summed E-state index contributed by atoms with van der Waals surface area (Å²) < 4.78 is 50.5. The topological polar surface area (TPSA) is 214 Å². The van der Waals surface area contributed by atoms with E-state index in [1.54, 1.807) is 31.4 Å². The van der Waals surface area contributed by atoms with Gasteiger partial charge in [0.05, 0.1) is 31.0 Å². The number of likely N-dealkylation sites (tertiary alicyclic amines) is 1. The zero-order chi connectivity index (χ0) is 49.3. The summed E-state index contributed by atoms with van der Waals surface area (Å²) in [6, 6.07) is 14.2. The van der Waals surface area contributed by atoms with Crippen molar-refractivity contribution in [3.05, 3.63) is 100 Å². The van der Waals surface area contributed by atoms with Crippen molar-refractivity contribution in [1.82, 2.24) is 25.5 Å². The summed E-state index contributed by atoms with van der Waals surface area (Å²) in [5.74, 6) is -1.25. The van der Waals surface area contributed by atoms with Crippen LogP contribution in [0, 0.1) is 18.3 Å². The fourth-order valence-electron chi connectivity index (χ4n) is 9.18. The molecule has 2 aromatic carbocycles. The van der Waals surface area contributed by atoms with Crippen LogP contribution in [-0.2, 0) is 36.2 Å². The zero-order valence-electron chi connectivity index (χ0n) is 40.1. The number of ether oxygens (including phenoxy) is 3. The van der Waals surface area contributed by atoms with E-state index in [2.05, 4.69) is 22.5 Å². The van der Waals surface area contributed by atoms with Crippen LogP contribution < -0.4 is 31.2 Å². The first-order chi connectivity index (χ1) is 32.9. The van der Waals surface area contributed by atoms with Crippen LogP contribution in [0.3, 0.4) is 0 Å². The number of pyridine rings is 1. The number of nitrogens with zero attached hydrogens (tertiary/aromatic N) is 3. The van der Waals surface area contributed by atoms with Crippen LogP contribution in [0.1, 0.15) is 90.2 Å². The number of carbonyl (C=O) groups excluding carboxylic acids is 3. The average Bonchev–Trinajstić information content (AvgIpc) is 3.84. The quantitative estimate of drug-likeness (QED) is 0.0552. The number of aryl methyl sites for hydroxylation is 1. The minimum Gasteiger partial charge on any atom is -0.497 e. The summed E-state index contributed by atoms with van der Waals surface area (Å²) in [6.07, 6.45) is 3.47. The molecule has 1 unspecified atom stereocenters. The first-order valence-electron chi connectivity index (χ1n) is 23.4. The SMILES string of the molecule is C=C[C@@H]1C[C@]1(NC(=O)[C@@H]1C[C@@H](Oc2cc(-c3csc(NC(C)C)n3)nc3cc(OC)ccc23)CN1C(=O)[C@@H](NC(=O)OC1CCCC1)C(C)(C)C)P(=O)(Cc1ccccc1)OCc1oc(=O)oc1C. The van der Waals surface area contributed by atoms with E-state index in [4.69, 9.17) is 37.5 Å². The van der Waals surface area contributed by atoms with Crippen molar-refractivity contribution >= 4 is 52.6 Å². The van der Waals surface area contributed by atoms with Gasteiger partial charge < -0.3 is 48.4 Å². The second-order valence-corrected chi connectivity index (χ2v) is 23.0. The molecule has 0 spiro atoms. The number of thiazole rings is 1. The molecule has 368 valence electrons. The molecule has 1 saturated heterocycles. The van der Waals surface area contributed by atoms with Crippen molar-refractivity contribution in [2.75, 3.05) is 19.0 Å². The first kappa shape index (κ1) is 49.5. The van der Waals surface area contributed by atoms with E-state index in [9.17, 15) is 9.59 Å². The van der Waals surface area contributed by atoms with Crippen molar-refractivity contribution in [2.24, 2.45) is 11.3 Å². The second-order valence-electron chi connectivity index (χ2n) is 19.4. The molecule has 6 atom stereocenters. The van der Waals surface area contributed by atoms with Gasteiger partial charge in [-0.15, -0.1) is 17.9 Å². The number of hydrogen-bond acceptors (Lipinski definition) is 15. The van der Waals surface area contributed by atoms with Crippen LogP contribution in [-0.4, -0.2) is 82.0 Å². The maximum Gasteiger partial charge on any atom is 0.519 e. The largest absolute Gasteiger partial charge is 0.519 e. The molecule has 5 aromatic rings. The number of aromatic nitrogens is 2. The molecule has 2 saturated carbocycles. The van der Waals surface area contributed by atoms with Crippen LogP contribution in [0.4, 0.5) is 9.93 Å². The highest BCUT2D eigenvalue weighted by atomic mass is 32.1. The third-order valence-electron chi connectivity index (χ3n) is 12.9. The fraction of sp³-hybridized carbons (Fsp3) is 0.480. The van der Waals surface area contributed by atoms with Gasteiger partial charge in [-0.05, 0) is 76.0 Å². The van der Waals surface area contributed by atoms with Gasteiger partial charge in [0.25, 0.3) is 0 Å². The summed E-state index contributed by atoms with van der Waals surface area (Å²) in [6.45, 7) is 14.7. The van der Waals surface area contributed by atoms with E-state index in [1.165, 1.54) is 23.2 Å². The molecule has 8 rings (SSSR count). The summed E-state index contributed by atoms with van der Waals surface area (Å²) in [5, 5.41) is 11.2. The normalized spacial score (nSPS) is 21.7. The number of carbonyl (C=O) groups is 3. The molecule has 0 bridgehead atoms. The standard InChI is InChI=1S/C50H61N6O11PS/c1-9-32-24-50(32,68(61,27-31-15-11-10-12-16-31)63-26-42-30(4)64-48(60)67-42)55-44(57)40-22-35(25-56(40)45(58)43(49(5,6)7)54-47(59)66-33-17-13-14-18-33)65-41-23-38(39-28-69-46(53-39)51-29(2)3)52-37-21-34(62-8)19-20-36(37)41/h9-12,15-16,19-21,23,28-29,32-33,35,40,43H,1,13-14,17-18,22,24-27H2,2-8H3,(H,51,53)(H,54,59)(H,55,57)/t32-,35-,40+,43-,50+,68?/m1/s1. The van der Waals surface area contributed by atoms with Gasteiger partial charge in [-0.2, -0.15) is 0 Å². The molecule has 2 aliphatic carbocycles. The Balaban J connectivity index is 1.15. The molecule has 3 N–H and O–H groups in total. The minimum absolute atomic E-state index is 0.0213. The number of methoxy groups -OCH3 is 1. The fourth-order valence-corrected chi connectivity index (χ4v) is 13.0. The summed E-state index contributed by atoms with van der Waals surface area (Å²) in [4.78, 5) is 67.0. The van der Waals surface area contributed by atoms with Crippen LogP contribution in [0.15, 0.2) is 86.3 Å². The van der Waals surface area contributed by atoms with Gasteiger partial charge in [-0.1, -0.05) is 57.2 Å². The van der Waals surface area contributed by atoms with Gasteiger partial charge in [0, 0.05) is 41.3 Å². The predicted octanol–water partition coefficient (Wildman–Crippen LogP) is 9.19. The Bertz CT molecular complexity index is 2800. The highest BCUT2D eigenvalue weighted by molar-refractivity contribution is 7.60. The molecule has 3 amide bonds. The first-order valence-corrected chi connectivity index (χ1v) is 26.0. The number of alkyl carbamates (subject to hydrolysis) is 1. The number of rotatable bonds is 18. The maximum absolute atomic E-state index is 15.6. The highest BCUT2D eigenvalue weighted by Crippen LogP contribution is 2.74. The number of anilines is 1. The van der Waals surface area contributed by atoms with E-state index in [0.29, 0.717) is 39.4 Å². The molecular formula is C50H61N6O11PS. The lowest BCUT2D eigenvalue weighted by molar-refractivity contribution is -0.142. The van der Waals surface area contributed by atoms with Gasteiger partial charge in [0.15, 0.2) is 10.9 Å². The van der Waals surface area contributed by atoms with Crippen LogP contribution in [0.5, 0.6) is 11.5 Å². The van der Waals surface area contributed by atoms with Crippen molar-refractivity contribution < 1.29 is 46.5 Å². The Morgan fingerprint density at radius 1 is 1.04 bits per heavy atom. The monoisotopic (exact) mass is 984 g/mol. The number of amides is 3. The maximum atomic E-state index is 15.6. The van der Waals surface area contributed by atoms with E-state index in [-0.39, 0.29) is 55.8 Å². The van der Waals surface area contributed by atoms with Gasteiger partial charge in [-0.25, -0.2) is 19.6 Å². The molecule has 3 aliphatic rings. The molecule has 3 fully saturated rings. The molecule has 17 nitrogen and oxygen atoms in total. The average molecular weight is 985 g/mol. The number of nitrogens with one attached hydrogen (secondary N) is 3. The van der Waals surface area contributed by atoms with Gasteiger partial charge >= 0.3 is 11.9 Å². The van der Waals surface area contributed by atoms with Crippen LogP contribution >= 0.6 is 18.7 Å². The van der Waals surface area contributed by atoms with Gasteiger partial charge in [-0.3, -0.25) is 14.2 Å². The number of benzene rings is 2. The van der Waals surface area contributed by atoms with E-state index in [0.717, 1.165) is 30.8 Å². The predicted molar refractivity (Wildman–Crippen MR) is 262 cm³/mol. The Morgan fingerprint density at radius 2 is 1.80 bits per heavy atom. The third-order valence-corrected chi connectivity index (χ3v) is 16.9. The molecule has 3 aromatic heterocycles. The molecule has 1 aliphatic heterocycles. The van der Waals surface area contributed by atoms with Gasteiger partial charge in [0.2, 0.25) is 19.2 Å². The minimum atomic E-state index is -3.99. The lowest BCUT2D eigenvalue weighted by Crippen LogP contribution is -2.58. The van der Waals surface area contributed by atoms with E-state index in [1.807, 2.05) is 76.4 Å². The lowest BCUT2D eigenvalue weighted by atomic mass is 9.85. The second kappa shape index (κ2) is 20.2. The smallest absolute Gasteiger partial charge is 0.497 e. The Hall–Kier alpha value is -5.97. The highest BCUT2D eigenvalue weighted by Gasteiger charge is 2.67. The van der Waals surface area contributed by atoms with Crippen molar-refractivity contribution in [3.8, 4) is 22.9 Å². The zero-order valence-corrected chi connectivity index (χ0v) is 41.8. The molecule has 0 radical (unpaired) electrons. The summed E-state index contributed by atoms with van der Waals surface area (Å²) >= 11 is 1.45. The molecule has 4 heterocycles.